The van der Waals surface area contributed by atoms with E-state index in [2.05, 4.69) is 36.4 Å². The van der Waals surface area contributed by atoms with Crippen molar-refractivity contribution in [2.24, 2.45) is 0 Å². The molecule has 0 N–H and O–H groups in total. The van der Waals surface area contributed by atoms with Crippen molar-refractivity contribution < 1.29 is 9.21 Å². The van der Waals surface area contributed by atoms with Gasteiger partial charge in [0.15, 0.2) is 5.76 Å². The van der Waals surface area contributed by atoms with Crippen LogP contribution in [0.15, 0.2) is 35.0 Å². The Hall–Kier alpha value is -2.56. The third-order valence-corrected chi connectivity index (χ3v) is 5.61. The molecule has 4 rings (SSSR count). The van der Waals surface area contributed by atoms with E-state index in [1.807, 2.05) is 36.4 Å². The number of carbonyl (C=O) groups is 1. The predicted octanol–water partition coefficient (Wildman–Crippen LogP) is 4.85. The van der Waals surface area contributed by atoms with Crippen LogP contribution in [-0.2, 0) is 0 Å². The number of aromatic nitrogens is 2. The van der Waals surface area contributed by atoms with E-state index in [-0.39, 0.29) is 11.8 Å². The highest BCUT2D eigenvalue weighted by molar-refractivity contribution is 5.99. The third-order valence-electron chi connectivity index (χ3n) is 5.61. The summed E-state index contributed by atoms with van der Waals surface area (Å²) in [6, 6.07) is 6.42. The van der Waals surface area contributed by atoms with Crippen molar-refractivity contribution in [1.29, 1.82) is 0 Å². The Morgan fingerprint density at radius 2 is 2.11 bits per heavy atom. The number of piperidine rings is 1. The summed E-state index contributed by atoms with van der Waals surface area (Å²) in [5.41, 5.74) is 2.89. The first-order valence-corrected chi connectivity index (χ1v) is 9.77. The number of carbonyl (C=O) groups excluding carboxylic acids is 1. The van der Waals surface area contributed by atoms with Gasteiger partial charge in [-0.15, -0.1) is 0 Å². The molecular formula is C22H27N3O2. The number of fused-ring (bicyclic) bond motifs is 1. The van der Waals surface area contributed by atoms with E-state index in [0.717, 1.165) is 41.7 Å². The van der Waals surface area contributed by atoms with Crippen LogP contribution in [0.2, 0.25) is 0 Å². The maximum Gasteiger partial charge on any atom is 0.289 e. The SMILES string of the molecule is Cc1ccc2oc(C(=O)N3CCCC(c4nccn4C(C)C)C3)c(C)c2c1. The Kier molecular flexibility index (Phi) is 4.54. The first-order valence-electron chi connectivity index (χ1n) is 9.77. The van der Waals surface area contributed by atoms with Gasteiger partial charge in [-0.05, 0) is 52.7 Å². The summed E-state index contributed by atoms with van der Waals surface area (Å²) in [5, 5.41) is 1.03. The zero-order chi connectivity index (χ0) is 19.1. The van der Waals surface area contributed by atoms with Crippen molar-refractivity contribution in [3.63, 3.8) is 0 Å². The summed E-state index contributed by atoms with van der Waals surface area (Å²) >= 11 is 0. The highest BCUT2D eigenvalue weighted by Gasteiger charge is 2.30. The van der Waals surface area contributed by atoms with Gasteiger partial charge < -0.3 is 13.9 Å². The van der Waals surface area contributed by atoms with Crippen molar-refractivity contribution in [3.8, 4) is 0 Å². The van der Waals surface area contributed by atoms with Gasteiger partial charge in [0, 0.05) is 48.4 Å². The van der Waals surface area contributed by atoms with E-state index in [4.69, 9.17) is 4.42 Å². The molecule has 5 nitrogen and oxygen atoms in total. The molecule has 1 aromatic carbocycles. The van der Waals surface area contributed by atoms with Crippen molar-refractivity contribution in [1.82, 2.24) is 14.5 Å². The minimum absolute atomic E-state index is 0.00583. The number of likely N-dealkylation sites (tertiary alicyclic amines) is 1. The Bertz CT molecular complexity index is 983. The van der Waals surface area contributed by atoms with Crippen LogP contribution in [0.3, 0.4) is 0 Å². The van der Waals surface area contributed by atoms with E-state index < -0.39 is 0 Å². The lowest BCUT2D eigenvalue weighted by molar-refractivity contribution is 0.0672. The number of imidazole rings is 1. The van der Waals surface area contributed by atoms with E-state index in [1.54, 1.807) is 0 Å². The minimum atomic E-state index is -0.00583. The van der Waals surface area contributed by atoms with Crippen LogP contribution in [0, 0.1) is 13.8 Å². The quantitative estimate of drug-likeness (QED) is 0.667. The standard InChI is InChI=1S/C22H27N3O2/c1-14(2)25-11-9-23-21(25)17-6-5-10-24(13-17)22(26)20-16(4)18-12-15(3)7-8-19(18)27-20/h7-9,11-12,14,17H,5-6,10,13H2,1-4H3. The molecule has 0 bridgehead atoms. The van der Waals surface area contributed by atoms with Crippen molar-refractivity contribution >= 4 is 16.9 Å². The number of amides is 1. The molecule has 1 amide bonds. The summed E-state index contributed by atoms with van der Waals surface area (Å²) in [4.78, 5) is 19.7. The van der Waals surface area contributed by atoms with Gasteiger partial charge in [-0.3, -0.25) is 4.79 Å². The van der Waals surface area contributed by atoms with E-state index in [0.29, 0.717) is 18.3 Å². The van der Waals surface area contributed by atoms with E-state index in [9.17, 15) is 4.79 Å². The molecule has 0 spiro atoms. The fraction of sp³-hybridized carbons (Fsp3) is 0.455. The van der Waals surface area contributed by atoms with Crippen LogP contribution < -0.4 is 0 Å². The smallest absolute Gasteiger partial charge is 0.289 e. The largest absolute Gasteiger partial charge is 0.451 e. The molecular weight excluding hydrogens is 338 g/mol. The molecule has 0 saturated carbocycles. The van der Waals surface area contributed by atoms with Crippen LogP contribution in [-0.4, -0.2) is 33.4 Å². The number of benzene rings is 1. The van der Waals surface area contributed by atoms with E-state index in [1.165, 1.54) is 5.56 Å². The molecule has 142 valence electrons. The zero-order valence-electron chi connectivity index (χ0n) is 16.5. The topological polar surface area (TPSA) is 51.3 Å². The Morgan fingerprint density at radius 3 is 2.89 bits per heavy atom. The number of furan rings is 1. The molecule has 1 aliphatic heterocycles. The van der Waals surface area contributed by atoms with Gasteiger partial charge >= 0.3 is 0 Å². The van der Waals surface area contributed by atoms with Gasteiger partial charge in [-0.25, -0.2) is 4.98 Å². The number of hydrogen-bond donors (Lipinski definition) is 0. The van der Waals surface area contributed by atoms with Gasteiger partial charge in [-0.1, -0.05) is 11.6 Å². The van der Waals surface area contributed by atoms with Gasteiger partial charge in [0.05, 0.1) is 0 Å². The molecule has 27 heavy (non-hydrogen) atoms. The molecule has 1 saturated heterocycles. The summed E-state index contributed by atoms with van der Waals surface area (Å²) in [7, 11) is 0. The summed E-state index contributed by atoms with van der Waals surface area (Å²) in [6.45, 7) is 9.82. The molecule has 0 radical (unpaired) electrons. The second-order valence-electron chi connectivity index (χ2n) is 7.93. The van der Waals surface area contributed by atoms with Gasteiger partial charge in [-0.2, -0.15) is 0 Å². The highest BCUT2D eigenvalue weighted by Crippen LogP contribution is 2.31. The first-order chi connectivity index (χ1) is 13.0. The average Bonchev–Trinajstić information content (AvgIpc) is 3.27. The van der Waals surface area contributed by atoms with Crippen LogP contribution in [0.5, 0.6) is 0 Å². The number of aryl methyl sites for hydroxylation is 2. The van der Waals surface area contributed by atoms with Crippen LogP contribution in [0.4, 0.5) is 0 Å². The van der Waals surface area contributed by atoms with Gasteiger partial charge in [0.25, 0.3) is 5.91 Å². The summed E-state index contributed by atoms with van der Waals surface area (Å²) < 4.78 is 8.16. The monoisotopic (exact) mass is 365 g/mol. The van der Waals surface area contributed by atoms with Gasteiger partial charge in [0.2, 0.25) is 0 Å². The fourth-order valence-corrected chi connectivity index (χ4v) is 4.13. The fourth-order valence-electron chi connectivity index (χ4n) is 4.13. The molecule has 3 heterocycles. The third kappa shape index (κ3) is 3.15. The Labute approximate surface area is 160 Å². The normalized spacial score (nSPS) is 17.8. The molecule has 3 aromatic rings. The lowest BCUT2D eigenvalue weighted by Gasteiger charge is -2.32. The lowest BCUT2D eigenvalue weighted by atomic mass is 9.96. The minimum Gasteiger partial charge on any atom is -0.451 e. The lowest BCUT2D eigenvalue weighted by Crippen LogP contribution is -2.40. The van der Waals surface area contributed by atoms with Crippen LogP contribution >= 0.6 is 0 Å². The van der Waals surface area contributed by atoms with Gasteiger partial charge in [0.1, 0.15) is 11.4 Å². The average molecular weight is 365 g/mol. The second-order valence-corrected chi connectivity index (χ2v) is 7.93. The maximum absolute atomic E-state index is 13.2. The molecule has 1 fully saturated rings. The number of nitrogens with zero attached hydrogens (tertiary/aromatic N) is 3. The number of rotatable bonds is 3. The molecule has 5 heteroatoms. The van der Waals surface area contributed by atoms with Crippen LogP contribution in [0.25, 0.3) is 11.0 Å². The Balaban J connectivity index is 1.61. The maximum atomic E-state index is 13.2. The Morgan fingerprint density at radius 1 is 1.30 bits per heavy atom. The highest BCUT2D eigenvalue weighted by atomic mass is 16.3. The molecule has 0 aliphatic carbocycles. The predicted molar refractivity (Wildman–Crippen MR) is 106 cm³/mol. The summed E-state index contributed by atoms with van der Waals surface area (Å²) in [6.07, 6.45) is 5.94. The second kappa shape index (κ2) is 6.87. The zero-order valence-corrected chi connectivity index (χ0v) is 16.5. The van der Waals surface area contributed by atoms with E-state index >= 15 is 0 Å². The molecule has 1 aliphatic rings. The number of hydrogen-bond acceptors (Lipinski definition) is 3. The molecule has 2 aromatic heterocycles. The molecule has 1 unspecified atom stereocenters. The first kappa shape index (κ1) is 17.8. The van der Waals surface area contributed by atoms with Crippen LogP contribution in [0.1, 0.15) is 66.2 Å². The van der Waals surface area contributed by atoms with Crippen molar-refractivity contribution in [3.05, 3.63) is 53.3 Å². The van der Waals surface area contributed by atoms with Crippen molar-refractivity contribution in [2.45, 2.75) is 52.5 Å². The summed E-state index contributed by atoms with van der Waals surface area (Å²) in [5.74, 6) is 1.82. The molecule has 1 atom stereocenters. The van der Waals surface area contributed by atoms with Crippen molar-refractivity contribution in [2.75, 3.05) is 13.1 Å².